The van der Waals surface area contributed by atoms with Gasteiger partial charge in [0.25, 0.3) is 0 Å². The Morgan fingerprint density at radius 2 is 1.80 bits per heavy atom. The third-order valence-electron chi connectivity index (χ3n) is 2.37. The van der Waals surface area contributed by atoms with Crippen LogP contribution in [-0.2, 0) is 4.74 Å². The minimum absolute atomic E-state index is 0.584. The van der Waals surface area contributed by atoms with E-state index in [1.165, 1.54) is 25.7 Å². The first-order valence-electron chi connectivity index (χ1n) is 4.44. The number of hydrogen-bond acceptors (Lipinski definition) is 1. The molecule has 0 aromatic heterocycles. The molecule has 1 aliphatic carbocycles. The lowest BCUT2D eigenvalue weighted by atomic mass is 9.89. The van der Waals surface area contributed by atoms with Crippen molar-refractivity contribution in [1.29, 1.82) is 0 Å². The summed E-state index contributed by atoms with van der Waals surface area (Å²) < 4.78 is 5.53. The predicted octanol–water partition coefficient (Wildman–Crippen LogP) is 2.60. The molecule has 1 nitrogen and oxygen atoms in total. The Bertz CT molecular complexity index is 82.7. The first kappa shape index (κ1) is 8.06. The zero-order valence-corrected chi connectivity index (χ0v) is 7.10. The Balaban J connectivity index is 2.13. The van der Waals surface area contributed by atoms with Crippen LogP contribution in [0.1, 0.15) is 39.5 Å². The summed E-state index contributed by atoms with van der Waals surface area (Å²) in [4.78, 5) is 0. The summed E-state index contributed by atoms with van der Waals surface area (Å²) in [6.45, 7) is 5.30. The Kier molecular flexibility index (Phi) is 3.20. The van der Waals surface area contributed by atoms with E-state index in [9.17, 15) is 0 Å². The van der Waals surface area contributed by atoms with Gasteiger partial charge in [0, 0.05) is 6.61 Å². The smallest absolute Gasteiger partial charge is 0.0575 e. The number of ether oxygens (including phenoxy) is 1. The van der Waals surface area contributed by atoms with E-state index in [1.54, 1.807) is 0 Å². The van der Waals surface area contributed by atoms with Gasteiger partial charge in [-0.25, -0.2) is 0 Å². The molecule has 10 heavy (non-hydrogen) atoms. The third kappa shape index (κ3) is 2.30. The lowest BCUT2D eigenvalue weighted by molar-refractivity contribution is 0.0276. The molecule has 0 spiro atoms. The van der Waals surface area contributed by atoms with E-state index in [1.807, 2.05) is 0 Å². The van der Waals surface area contributed by atoms with Gasteiger partial charge in [-0.2, -0.15) is 0 Å². The highest BCUT2D eigenvalue weighted by molar-refractivity contribution is 4.69. The largest absolute Gasteiger partial charge is 0.379 e. The van der Waals surface area contributed by atoms with Gasteiger partial charge in [-0.05, 0) is 38.5 Å². The molecule has 1 fully saturated rings. The SMILES string of the molecule is CCO[C@H]1CC[C@@H](C)CC1. The van der Waals surface area contributed by atoms with E-state index in [4.69, 9.17) is 4.74 Å². The Hall–Kier alpha value is -0.0400. The highest BCUT2D eigenvalue weighted by atomic mass is 16.5. The maximum atomic E-state index is 5.53. The summed E-state index contributed by atoms with van der Waals surface area (Å²) >= 11 is 0. The maximum absolute atomic E-state index is 5.53. The molecule has 0 amide bonds. The minimum atomic E-state index is 0.584. The van der Waals surface area contributed by atoms with Crippen LogP contribution in [-0.4, -0.2) is 12.7 Å². The molecule has 0 unspecified atom stereocenters. The van der Waals surface area contributed by atoms with Gasteiger partial charge in [0.15, 0.2) is 0 Å². The number of rotatable bonds is 2. The van der Waals surface area contributed by atoms with Gasteiger partial charge in [-0.3, -0.25) is 0 Å². The average Bonchev–Trinajstić information content (AvgIpc) is 1.95. The lowest BCUT2D eigenvalue weighted by Crippen LogP contribution is -2.20. The molecule has 1 aliphatic rings. The lowest BCUT2D eigenvalue weighted by Gasteiger charge is -2.25. The quantitative estimate of drug-likeness (QED) is 0.576. The summed E-state index contributed by atoms with van der Waals surface area (Å²) in [5.74, 6) is 0.941. The second kappa shape index (κ2) is 3.97. The fourth-order valence-corrected chi connectivity index (χ4v) is 1.63. The minimum Gasteiger partial charge on any atom is -0.379 e. The van der Waals surface area contributed by atoms with Crippen molar-refractivity contribution >= 4 is 0 Å². The van der Waals surface area contributed by atoms with Crippen molar-refractivity contribution in [2.45, 2.75) is 45.6 Å². The van der Waals surface area contributed by atoms with E-state index >= 15 is 0 Å². The zero-order chi connectivity index (χ0) is 7.40. The van der Waals surface area contributed by atoms with E-state index in [0.29, 0.717) is 6.10 Å². The topological polar surface area (TPSA) is 9.23 Å². The van der Waals surface area contributed by atoms with Crippen LogP contribution in [0.2, 0.25) is 0 Å². The number of hydrogen-bond donors (Lipinski definition) is 0. The molecule has 1 heteroatoms. The molecule has 0 aromatic rings. The molecule has 0 radical (unpaired) electrons. The fraction of sp³-hybridized carbons (Fsp3) is 1.00. The van der Waals surface area contributed by atoms with Gasteiger partial charge in [0.05, 0.1) is 6.10 Å². The van der Waals surface area contributed by atoms with Gasteiger partial charge < -0.3 is 4.74 Å². The standard InChI is InChI=1S/C9H18O/c1-3-10-9-6-4-8(2)5-7-9/h8-9H,3-7H2,1-2H3/t8-,9+. The summed E-state index contributed by atoms with van der Waals surface area (Å²) in [5, 5.41) is 0. The van der Waals surface area contributed by atoms with Crippen molar-refractivity contribution in [3.05, 3.63) is 0 Å². The molecule has 0 bridgehead atoms. The van der Waals surface area contributed by atoms with E-state index < -0.39 is 0 Å². The van der Waals surface area contributed by atoms with Gasteiger partial charge in [-0.15, -0.1) is 0 Å². The molecule has 1 rings (SSSR count). The molecule has 1 saturated carbocycles. The van der Waals surface area contributed by atoms with Crippen LogP contribution in [0.15, 0.2) is 0 Å². The van der Waals surface area contributed by atoms with Crippen molar-refractivity contribution in [1.82, 2.24) is 0 Å². The molecule has 60 valence electrons. The van der Waals surface area contributed by atoms with Crippen molar-refractivity contribution < 1.29 is 4.74 Å². The van der Waals surface area contributed by atoms with E-state index in [0.717, 1.165) is 12.5 Å². The second-order valence-corrected chi connectivity index (χ2v) is 3.34. The summed E-state index contributed by atoms with van der Waals surface area (Å²) in [6.07, 6.45) is 5.89. The van der Waals surface area contributed by atoms with Crippen molar-refractivity contribution in [3.8, 4) is 0 Å². The van der Waals surface area contributed by atoms with E-state index in [-0.39, 0.29) is 0 Å². The monoisotopic (exact) mass is 142 g/mol. The zero-order valence-electron chi connectivity index (χ0n) is 7.10. The van der Waals surface area contributed by atoms with Crippen molar-refractivity contribution in [3.63, 3.8) is 0 Å². The normalized spacial score (nSPS) is 34.2. The molecule has 0 aromatic carbocycles. The van der Waals surface area contributed by atoms with Crippen LogP contribution >= 0.6 is 0 Å². The molecule has 0 heterocycles. The predicted molar refractivity (Wildman–Crippen MR) is 43.0 cm³/mol. The molecule has 0 N–H and O–H groups in total. The Morgan fingerprint density at radius 1 is 1.20 bits per heavy atom. The Morgan fingerprint density at radius 3 is 2.30 bits per heavy atom. The molecular weight excluding hydrogens is 124 g/mol. The van der Waals surface area contributed by atoms with Crippen LogP contribution in [0.5, 0.6) is 0 Å². The van der Waals surface area contributed by atoms with Gasteiger partial charge >= 0.3 is 0 Å². The molecule has 0 saturated heterocycles. The fourth-order valence-electron chi connectivity index (χ4n) is 1.63. The van der Waals surface area contributed by atoms with Crippen LogP contribution in [0.25, 0.3) is 0 Å². The average molecular weight is 142 g/mol. The highest BCUT2D eigenvalue weighted by Crippen LogP contribution is 2.25. The highest BCUT2D eigenvalue weighted by Gasteiger charge is 2.17. The Labute approximate surface area is 63.8 Å². The maximum Gasteiger partial charge on any atom is 0.0575 e. The molecule has 0 aliphatic heterocycles. The summed E-state index contributed by atoms with van der Waals surface area (Å²) in [7, 11) is 0. The van der Waals surface area contributed by atoms with Crippen LogP contribution in [0.4, 0.5) is 0 Å². The van der Waals surface area contributed by atoms with Gasteiger partial charge in [0.1, 0.15) is 0 Å². The summed E-state index contributed by atoms with van der Waals surface area (Å²) in [5.41, 5.74) is 0. The van der Waals surface area contributed by atoms with Gasteiger partial charge in [-0.1, -0.05) is 6.92 Å². The van der Waals surface area contributed by atoms with Crippen LogP contribution < -0.4 is 0 Å². The van der Waals surface area contributed by atoms with Gasteiger partial charge in [0.2, 0.25) is 0 Å². The molecule has 0 atom stereocenters. The first-order valence-corrected chi connectivity index (χ1v) is 4.44. The second-order valence-electron chi connectivity index (χ2n) is 3.34. The third-order valence-corrected chi connectivity index (χ3v) is 2.37. The van der Waals surface area contributed by atoms with Crippen molar-refractivity contribution in [2.24, 2.45) is 5.92 Å². The van der Waals surface area contributed by atoms with Crippen LogP contribution in [0, 0.1) is 5.92 Å². The van der Waals surface area contributed by atoms with E-state index in [2.05, 4.69) is 13.8 Å². The summed E-state index contributed by atoms with van der Waals surface area (Å²) in [6, 6.07) is 0. The first-order chi connectivity index (χ1) is 4.83. The van der Waals surface area contributed by atoms with Crippen LogP contribution in [0.3, 0.4) is 0 Å². The van der Waals surface area contributed by atoms with Crippen molar-refractivity contribution in [2.75, 3.05) is 6.61 Å². The molecular formula is C9H18O.